The Morgan fingerprint density at radius 1 is 1.19 bits per heavy atom. The van der Waals surface area contributed by atoms with E-state index in [1.54, 1.807) is 26.2 Å². The SMILES string of the molecule is COc1ccccc1N1CCCC(NC(=O)C(C)Oc2ccccc2Cl)C1. The van der Waals surface area contributed by atoms with Gasteiger partial charge in [-0.2, -0.15) is 0 Å². The van der Waals surface area contributed by atoms with Gasteiger partial charge in [0.15, 0.2) is 6.10 Å². The number of nitrogens with one attached hydrogen (secondary N) is 1. The second-order valence-corrected chi connectivity index (χ2v) is 7.06. The van der Waals surface area contributed by atoms with E-state index in [1.807, 2.05) is 36.4 Å². The second kappa shape index (κ2) is 9.00. The normalized spacial score (nSPS) is 17.9. The Labute approximate surface area is 165 Å². The van der Waals surface area contributed by atoms with Crippen LogP contribution in [-0.4, -0.2) is 38.3 Å². The van der Waals surface area contributed by atoms with E-state index in [2.05, 4.69) is 10.2 Å². The molecule has 0 bridgehead atoms. The number of amides is 1. The van der Waals surface area contributed by atoms with Crippen LogP contribution in [-0.2, 0) is 4.79 Å². The van der Waals surface area contributed by atoms with Gasteiger partial charge >= 0.3 is 0 Å². The van der Waals surface area contributed by atoms with Crippen molar-refractivity contribution in [2.24, 2.45) is 0 Å². The molecule has 3 rings (SSSR count). The molecule has 1 amide bonds. The van der Waals surface area contributed by atoms with Crippen molar-refractivity contribution in [1.82, 2.24) is 5.32 Å². The molecule has 0 saturated carbocycles. The Balaban J connectivity index is 1.60. The van der Waals surface area contributed by atoms with E-state index in [-0.39, 0.29) is 11.9 Å². The summed E-state index contributed by atoms with van der Waals surface area (Å²) in [6, 6.07) is 15.2. The standard InChI is InChI=1S/C21H25ClN2O3/c1-15(27-19-11-5-3-9-17(19)22)21(25)23-16-8-7-13-24(14-16)18-10-4-6-12-20(18)26-2/h3-6,9-12,15-16H,7-8,13-14H2,1-2H3,(H,23,25). The minimum atomic E-state index is -0.619. The smallest absolute Gasteiger partial charge is 0.261 e. The zero-order valence-corrected chi connectivity index (χ0v) is 16.4. The van der Waals surface area contributed by atoms with Gasteiger partial charge in [0, 0.05) is 19.1 Å². The summed E-state index contributed by atoms with van der Waals surface area (Å²) in [5, 5.41) is 3.60. The fourth-order valence-electron chi connectivity index (χ4n) is 3.31. The highest BCUT2D eigenvalue weighted by Crippen LogP contribution is 2.30. The number of nitrogens with zero attached hydrogens (tertiary/aromatic N) is 1. The summed E-state index contributed by atoms with van der Waals surface area (Å²) < 4.78 is 11.2. The van der Waals surface area contributed by atoms with Gasteiger partial charge in [0.1, 0.15) is 11.5 Å². The zero-order valence-electron chi connectivity index (χ0n) is 15.7. The number of ether oxygens (including phenoxy) is 2. The summed E-state index contributed by atoms with van der Waals surface area (Å²) >= 11 is 6.11. The highest BCUT2D eigenvalue weighted by atomic mass is 35.5. The van der Waals surface area contributed by atoms with Gasteiger partial charge in [-0.1, -0.05) is 35.9 Å². The average Bonchev–Trinajstić information content (AvgIpc) is 2.69. The Bertz CT molecular complexity index is 784. The Kier molecular flexibility index (Phi) is 6.45. The molecule has 0 aromatic heterocycles. The molecule has 1 saturated heterocycles. The Morgan fingerprint density at radius 2 is 1.89 bits per heavy atom. The molecule has 5 nitrogen and oxygen atoms in total. The third-order valence-electron chi connectivity index (χ3n) is 4.70. The monoisotopic (exact) mass is 388 g/mol. The predicted octanol–water partition coefficient (Wildman–Crippen LogP) is 3.90. The summed E-state index contributed by atoms with van der Waals surface area (Å²) in [4.78, 5) is 14.8. The Morgan fingerprint density at radius 3 is 2.63 bits per heavy atom. The predicted molar refractivity (Wildman–Crippen MR) is 108 cm³/mol. The number of methoxy groups -OCH3 is 1. The average molecular weight is 389 g/mol. The lowest BCUT2D eigenvalue weighted by molar-refractivity contribution is -0.128. The van der Waals surface area contributed by atoms with E-state index in [1.165, 1.54) is 0 Å². The third kappa shape index (κ3) is 4.86. The summed E-state index contributed by atoms with van der Waals surface area (Å²) in [6.45, 7) is 3.42. The molecule has 2 atom stereocenters. The first-order valence-electron chi connectivity index (χ1n) is 9.18. The number of para-hydroxylation sites is 3. The topological polar surface area (TPSA) is 50.8 Å². The van der Waals surface area contributed by atoms with E-state index in [9.17, 15) is 4.79 Å². The number of rotatable bonds is 6. The number of carbonyl (C=O) groups is 1. The van der Waals surface area contributed by atoms with E-state index in [0.717, 1.165) is 37.4 Å². The summed E-state index contributed by atoms with van der Waals surface area (Å²) in [5.74, 6) is 1.22. The maximum absolute atomic E-state index is 12.6. The van der Waals surface area contributed by atoms with Crippen LogP contribution in [0.25, 0.3) is 0 Å². The molecule has 2 unspecified atom stereocenters. The van der Waals surface area contributed by atoms with Gasteiger partial charge in [-0.05, 0) is 44.0 Å². The van der Waals surface area contributed by atoms with E-state index < -0.39 is 6.10 Å². The van der Waals surface area contributed by atoms with Gasteiger partial charge in [0.05, 0.1) is 17.8 Å². The van der Waals surface area contributed by atoms with Crippen LogP contribution in [0.4, 0.5) is 5.69 Å². The summed E-state index contributed by atoms with van der Waals surface area (Å²) in [5.41, 5.74) is 1.05. The van der Waals surface area contributed by atoms with Crippen LogP contribution in [0.3, 0.4) is 0 Å². The molecule has 1 aliphatic heterocycles. The van der Waals surface area contributed by atoms with Crippen molar-refractivity contribution in [1.29, 1.82) is 0 Å². The maximum Gasteiger partial charge on any atom is 0.261 e. The number of benzene rings is 2. The molecule has 1 aliphatic rings. The molecule has 2 aromatic carbocycles. The number of piperidine rings is 1. The van der Waals surface area contributed by atoms with Gasteiger partial charge < -0.3 is 19.7 Å². The molecular formula is C21H25ClN2O3. The van der Waals surface area contributed by atoms with Gasteiger partial charge in [-0.25, -0.2) is 0 Å². The first kappa shape index (κ1) is 19.4. The number of halogens is 1. The van der Waals surface area contributed by atoms with Crippen molar-refractivity contribution in [2.45, 2.75) is 31.9 Å². The highest BCUT2D eigenvalue weighted by Gasteiger charge is 2.25. The van der Waals surface area contributed by atoms with Crippen LogP contribution >= 0.6 is 11.6 Å². The molecule has 0 radical (unpaired) electrons. The summed E-state index contributed by atoms with van der Waals surface area (Å²) in [6.07, 6.45) is 1.32. The number of anilines is 1. The largest absolute Gasteiger partial charge is 0.495 e. The van der Waals surface area contributed by atoms with E-state index >= 15 is 0 Å². The fraction of sp³-hybridized carbons (Fsp3) is 0.381. The van der Waals surface area contributed by atoms with Crippen molar-refractivity contribution in [3.63, 3.8) is 0 Å². The number of carbonyl (C=O) groups excluding carboxylic acids is 1. The highest BCUT2D eigenvalue weighted by molar-refractivity contribution is 6.32. The third-order valence-corrected chi connectivity index (χ3v) is 5.02. The van der Waals surface area contributed by atoms with Gasteiger partial charge in [0.25, 0.3) is 5.91 Å². The molecule has 27 heavy (non-hydrogen) atoms. The van der Waals surface area contributed by atoms with Gasteiger partial charge in [0.2, 0.25) is 0 Å². The van der Waals surface area contributed by atoms with Crippen LogP contribution in [0.15, 0.2) is 48.5 Å². The molecule has 2 aromatic rings. The Hall–Kier alpha value is -2.40. The minimum Gasteiger partial charge on any atom is -0.495 e. The second-order valence-electron chi connectivity index (χ2n) is 6.66. The molecule has 1 N–H and O–H groups in total. The van der Waals surface area contributed by atoms with Crippen LogP contribution in [0, 0.1) is 0 Å². The molecule has 0 aliphatic carbocycles. The maximum atomic E-state index is 12.6. The first-order chi connectivity index (χ1) is 13.1. The van der Waals surface area contributed by atoms with Crippen LogP contribution in [0.2, 0.25) is 5.02 Å². The lowest BCUT2D eigenvalue weighted by atomic mass is 10.0. The van der Waals surface area contributed by atoms with Gasteiger partial charge in [-0.15, -0.1) is 0 Å². The quantitative estimate of drug-likeness (QED) is 0.815. The molecular weight excluding hydrogens is 364 g/mol. The van der Waals surface area contributed by atoms with Crippen molar-refractivity contribution < 1.29 is 14.3 Å². The van der Waals surface area contributed by atoms with Crippen LogP contribution in [0.1, 0.15) is 19.8 Å². The molecule has 0 spiro atoms. The fourth-order valence-corrected chi connectivity index (χ4v) is 3.49. The lowest BCUT2D eigenvalue weighted by Crippen LogP contribution is -2.50. The van der Waals surface area contributed by atoms with Crippen molar-refractivity contribution in [3.05, 3.63) is 53.6 Å². The number of hydrogen-bond donors (Lipinski definition) is 1. The van der Waals surface area contributed by atoms with E-state index in [0.29, 0.717) is 10.8 Å². The minimum absolute atomic E-state index is 0.0634. The van der Waals surface area contributed by atoms with Crippen molar-refractivity contribution in [3.8, 4) is 11.5 Å². The number of hydrogen-bond acceptors (Lipinski definition) is 4. The van der Waals surface area contributed by atoms with Gasteiger partial charge in [-0.3, -0.25) is 4.79 Å². The first-order valence-corrected chi connectivity index (χ1v) is 9.56. The summed E-state index contributed by atoms with van der Waals surface area (Å²) in [7, 11) is 1.68. The molecule has 1 fully saturated rings. The van der Waals surface area contributed by atoms with Crippen molar-refractivity contribution >= 4 is 23.2 Å². The van der Waals surface area contributed by atoms with Crippen LogP contribution < -0.4 is 19.7 Å². The van der Waals surface area contributed by atoms with Crippen molar-refractivity contribution in [2.75, 3.05) is 25.1 Å². The van der Waals surface area contributed by atoms with E-state index in [4.69, 9.17) is 21.1 Å². The lowest BCUT2D eigenvalue weighted by Gasteiger charge is -2.35. The molecule has 1 heterocycles. The zero-order chi connectivity index (χ0) is 19.2. The molecule has 144 valence electrons. The molecule has 6 heteroatoms. The van der Waals surface area contributed by atoms with Crippen LogP contribution in [0.5, 0.6) is 11.5 Å².